The molecule has 1 aliphatic rings. The molecule has 0 fully saturated rings. The Morgan fingerprint density at radius 2 is 1.83 bits per heavy atom. The summed E-state index contributed by atoms with van der Waals surface area (Å²) in [6, 6.07) is 13.4. The Balaban J connectivity index is 1.59. The van der Waals surface area contributed by atoms with Crippen molar-refractivity contribution >= 4 is 17.5 Å². The molecule has 2 aromatic carbocycles. The van der Waals surface area contributed by atoms with E-state index in [9.17, 15) is 9.59 Å². The number of hydrogen-bond acceptors (Lipinski definition) is 2. The Morgan fingerprint density at radius 3 is 2.67 bits per heavy atom. The van der Waals surface area contributed by atoms with Crippen molar-refractivity contribution in [1.82, 2.24) is 5.32 Å². The number of rotatable bonds is 4. The van der Waals surface area contributed by atoms with E-state index in [0.717, 1.165) is 30.5 Å². The Labute approximate surface area is 142 Å². The second kappa shape index (κ2) is 7.30. The first-order valence-electron chi connectivity index (χ1n) is 8.39. The molecule has 2 aromatic rings. The van der Waals surface area contributed by atoms with Crippen LogP contribution in [-0.4, -0.2) is 18.4 Å². The molecule has 0 saturated carbocycles. The summed E-state index contributed by atoms with van der Waals surface area (Å²) in [5.41, 5.74) is 5.02. The number of aryl methyl sites for hydroxylation is 2. The van der Waals surface area contributed by atoms with Gasteiger partial charge in [-0.3, -0.25) is 9.59 Å². The highest BCUT2D eigenvalue weighted by molar-refractivity contribution is 5.99. The van der Waals surface area contributed by atoms with Gasteiger partial charge in [-0.25, -0.2) is 0 Å². The lowest BCUT2D eigenvalue weighted by molar-refractivity contribution is -0.115. The largest absolute Gasteiger partial charge is 0.343 e. The van der Waals surface area contributed by atoms with Crippen molar-refractivity contribution in [2.24, 2.45) is 0 Å². The van der Waals surface area contributed by atoms with Crippen LogP contribution in [0.25, 0.3) is 0 Å². The molecule has 4 nitrogen and oxygen atoms in total. The van der Waals surface area contributed by atoms with E-state index in [1.807, 2.05) is 31.2 Å². The fourth-order valence-electron chi connectivity index (χ4n) is 3.14. The Bertz CT molecular complexity index is 768. The Hall–Kier alpha value is -2.62. The average Bonchev–Trinajstić information content (AvgIpc) is 2.60. The Morgan fingerprint density at radius 1 is 1.04 bits per heavy atom. The zero-order valence-electron chi connectivity index (χ0n) is 13.9. The molecule has 0 bridgehead atoms. The maximum absolute atomic E-state index is 12.2. The summed E-state index contributed by atoms with van der Waals surface area (Å²) >= 11 is 0. The lowest BCUT2D eigenvalue weighted by atomic mass is 9.90. The van der Waals surface area contributed by atoms with Crippen LogP contribution in [0.3, 0.4) is 0 Å². The third kappa shape index (κ3) is 3.82. The molecule has 3 rings (SSSR count). The van der Waals surface area contributed by atoms with Crippen molar-refractivity contribution < 1.29 is 9.59 Å². The van der Waals surface area contributed by atoms with Gasteiger partial charge in [0.1, 0.15) is 0 Å². The van der Waals surface area contributed by atoms with Crippen LogP contribution in [0, 0.1) is 6.92 Å². The quantitative estimate of drug-likeness (QED) is 0.908. The summed E-state index contributed by atoms with van der Waals surface area (Å²) in [7, 11) is 0. The van der Waals surface area contributed by atoms with Crippen LogP contribution in [0.5, 0.6) is 0 Å². The number of carbonyl (C=O) groups is 2. The predicted molar refractivity (Wildman–Crippen MR) is 95.2 cm³/mol. The second-order valence-corrected chi connectivity index (χ2v) is 6.25. The first-order valence-corrected chi connectivity index (χ1v) is 8.39. The molecule has 0 unspecified atom stereocenters. The SMILES string of the molecule is Cc1cccc(C(=O)NCC(=O)Nc2cccc3c2CCCC3)c1. The van der Waals surface area contributed by atoms with Crippen molar-refractivity contribution in [2.75, 3.05) is 11.9 Å². The van der Waals surface area contributed by atoms with Gasteiger partial charge in [-0.2, -0.15) is 0 Å². The van der Waals surface area contributed by atoms with Crippen molar-refractivity contribution in [3.05, 3.63) is 64.7 Å². The van der Waals surface area contributed by atoms with E-state index in [1.54, 1.807) is 12.1 Å². The van der Waals surface area contributed by atoms with Gasteiger partial charge in [0.05, 0.1) is 6.54 Å². The van der Waals surface area contributed by atoms with E-state index in [4.69, 9.17) is 0 Å². The van der Waals surface area contributed by atoms with Gasteiger partial charge in [-0.1, -0.05) is 29.8 Å². The van der Waals surface area contributed by atoms with Crippen molar-refractivity contribution in [3.8, 4) is 0 Å². The van der Waals surface area contributed by atoms with Crippen LogP contribution < -0.4 is 10.6 Å². The molecule has 0 spiro atoms. The van der Waals surface area contributed by atoms with Gasteiger partial charge in [0.25, 0.3) is 5.91 Å². The van der Waals surface area contributed by atoms with E-state index >= 15 is 0 Å². The standard InChI is InChI=1S/C20H22N2O2/c1-14-6-4-9-16(12-14)20(24)21-13-19(23)22-18-11-5-8-15-7-2-3-10-17(15)18/h4-6,8-9,11-12H,2-3,7,10,13H2,1H3,(H,21,24)(H,22,23). The third-order valence-electron chi connectivity index (χ3n) is 4.36. The fourth-order valence-corrected chi connectivity index (χ4v) is 3.14. The van der Waals surface area contributed by atoms with Crippen molar-refractivity contribution in [3.63, 3.8) is 0 Å². The summed E-state index contributed by atoms with van der Waals surface area (Å²) in [5.74, 6) is -0.432. The highest BCUT2D eigenvalue weighted by Gasteiger charge is 2.15. The van der Waals surface area contributed by atoms with Gasteiger partial charge in [-0.15, -0.1) is 0 Å². The van der Waals surface area contributed by atoms with Gasteiger partial charge in [-0.05, 0) is 61.9 Å². The van der Waals surface area contributed by atoms with Gasteiger partial charge in [0, 0.05) is 11.3 Å². The number of carbonyl (C=O) groups excluding carboxylic acids is 2. The highest BCUT2D eigenvalue weighted by atomic mass is 16.2. The van der Waals surface area contributed by atoms with Crippen LogP contribution in [-0.2, 0) is 17.6 Å². The Kier molecular flexibility index (Phi) is 4.94. The highest BCUT2D eigenvalue weighted by Crippen LogP contribution is 2.27. The molecule has 0 radical (unpaired) electrons. The van der Waals surface area contributed by atoms with Crippen LogP contribution in [0.4, 0.5) is 5.69 Å². The van der Waals surface area contributed by atoms with Crippen LogP contribution in [0.1, 0.15) is 39.9 Å². The van der Waals surface area contributed by atoms with Gasteiger partial charge < -0.3 is 10.6 Å². The number of anilines is 1. The normalized spacial score (nSPS) is 13.0. The molecule has 24 heavy (non-hydrogen) atoms. The lowest BCUT2D eigenvalue weighted by Crippen LogP contribution is -2.33. The molecule has 2 amide bonds. The number of fused-ring (bicyclic) bond motifs is 1. The molecule has 0 aliphatic heterocycles. The first-order chi connectivity index (χ1) is 11.6. The summed E-state index contributed by atoms with van der Waals surface area (Å²) in [4.78, 5) is 24.3. The third-order valence-corrected chi connectivity index (χ3v) is 4.36. The number of nitrogens with one attached hydrogen (secondary N) is 2. The number of amides is 2. The van der Waals surface area contributed by atoms with Crippen LogP contribution in [0.2, 0.25) is 0 Å². The fraction of sp³-hybridized carbons (Fsp3) is 0.300. The minimum atomic E-state index is -0.232. The molecule has 2 N–H and O–H groups in total. The topological polar surface area (TPSA) is 58.2 Å². The number of hydrogen-bond donors (Lipinski definition) is 2. The minimum Gasteiger partial charge on any atom is -0.343 e. The number of benzene rings is 2. The monoisotopic (exact) mass is 322 g/mol. The molecule has 0 heterocycles. The molecule has 1 aliphatic carbocycles. The first kappa shape index (κ1) is 16.2. The summed E-state index contributed by atoms with van der Waals surface area (Å²) in [6.45, 7) is 1.90. The molecule has 0 atom stereocenters. The van der Waals surface area contributed by atoms with Gasteiger partial charge in [0.15, 0.2) is 0 Å². The van der Waals surface area contributed by atoms with Crippen LogP contribution >= 0.6 is 0 Å². The smallest absolute Gasteiger partial charge is 0.251 e. The summed E-state index contributed by atoms with van der Waals surface area (Å²) in [6.07, 6.45) is 4.44. The van der Waals surface area contributed by atoms with E-state index in [-0.39, 0.29) is 18.4 Å². The molecule has 4 heteroatoms. The lowest BCUT2D eigenvalue weighted by Gasteiger charge is -2.19. The maximum atomic E-state index is 12.2. The van der Waals surface area contributed by atoms with Gasteiger partial charge >= 0.3 is 0 Å². The molecule has 124 valence electrons. The van der Waals surface area contributed by atoms with E-state index in [1.165, 1.54) is 17.5 Å². The van der Waals surface area contributed by atoms with Crippen molar-refractivity contribution in [1.29, 1.82) is 0 Å². The molecule has 0 aromatic heterocycles. The second-order valence-electron chi connectivity index (χ2n) is 6.25. The molecule has 0 saturated heterocycles. The predicted octanol–water partition coefficient (Wildman–Crippen LogP) is 3.24. The maximum Gasteiger partial charge on any atom is 0.251 e. The van der Waals surface area contributed by atoms with E-state index < -0.39 is 0 Å². The summed E-state index contributed by atoms with van der Waals surface area (Å²) in [5, 5.41) is 5.61. The van der Waals surface area contributed by atoms with E-state index in [0.29, 0.717) is 5.56 Å². The van der Waals surface area contributed by atoms with Gasteiger partial charge in [0.2, 0.25) is 5.91 Å². The molecular weight excluding hydrogens is 300 g/mol. The van der Waals surface area contributed by atoms with Crippen molar-refractivity contribution in [2.45, 2.75) is 32.6 Å². The average molecular weight is 322 g/mol. The van der Waals surface area contributed by atoms with E-state index in [2.05, 4.69) is 16.7 Å². The zero-order chi connectivity index (χ0) is 16.9. The zero-order valence-corrected chi connectivity index (χ0v) is 13.9. The minimum absolute atomic E-state index is 0.0313. The summed E-state index contributed by atoms with van der Waals surface area (Å²) < 4.78 is 0. The van der Waals surface area contributed by atoms with Crippen LogP contribution in [0.15, 0.2) is 42.5 Å². The molecular formula is C20H22N2O2.